The zero-order chi connectivity index (χ0) is 10.3. The van der Waals surface area contributed by atoms with Gasteiger partial charge in [-0.2, -0.15) is 5.10 Å². The second-order valence-electron chi connectivity index (χ2n) is 3.05. The van der Waals surface area contributed by atoms with E-state index in [1.807, 2.05) is 0 Å². The monoisotopic (exact) mass is 192 g/mol. The van der Waals surface area contributed by atoms with Crippen LogP contribution in [-0.4, -0.2) is 15.1 Å². The van der Waals surface area contributed by atoms with Crippen LogP contribution in [0.5, 0.6) is 0 Å². The maximum Gasteiger partial charge on any atom is 0.273 e. The number of aromatic nitrogens is 2. The molecular weight excluding hydrogens is 184 g/mol. The summed E-state index contributed by atoms with van der Waals surface area (Å²) >= 11 is 0. The Kier molecular flexibility index (Phi) is 1.63. The molecule has 0 aliphatic carbocycles. The molecule has 3 N–H and O–H groups in total. The lowest BCUT2D eigenvalue weighted by molar-refractivity contribution is -0.385. The Hall–Kier alpha value is -2.11. The van der Waals surface area contributed by atoms with Gasteiger partial charge in [0.15, 0.2) is 5.82 Å². The quantitative estimate of drug-likeness (QED) is 0.526. The molecule has 0 saturated carbocycles. The molecule has 6 nitrogen and oxygen atoms in total. The number of nitrogens with two attached hydrogens (primary N) is 1. The van der Waals surface area contributed by atoms with E-state index in [9.17, 15) is 10.1 Å². The maximum absolute atomic E-state index is 10.6. The molecule has 14 heavy (non-hydrogen) atoms. The highest BCUT2D eigenvalue weighted by molar-refractivity contribution is 5.91. The number of nitro benzene ring substituents is 1. The van der Waals surface area contributed by atoms with Crippen LogP contribution >= 0.6 is 0 Å². The fourth-order valence-corrected chi connectivity index (χ4v) is 1.38. The number of anilines is 1. The molecule has 0 bridgehead atoms. The van der Waals surface area contributed by atoms with E-state index >= 15 is 0 Å². The number of fused-ring (bicyclic) bond motifs is 1. The van der Waals surface area contributed by atoms with Crippen molar-refractivity contribution in [2.24, 2.45) is 0 Å². The number of nitro groups is 1. The molecule has 0 aliphatic heterocycles. The minimum Gasteiger partial charge on any atom is -0.382 e. The van der Waals surface area contributed by atoms with Crippen molar-refractivity contribution >= 4 is 22.4 Å². The van der Waals surface area contributed by atoms with Crippen molar-refractivity contribution in [1.29, 1.82) is 0 Å². The van der Waals surface area contributed by atoms with E-state index in [0.717, 1.165) is 0 Å². The van der Waals surface area contributed by atoms with E-state index in [2.05, 4.69) is 10.2 Å². The predicted molar refractivity (Wildman–Crippen MR) is 51.9 cm³/mol. The van der Waals surface area contributed by atoms with E-state index in [4.69, 9.17) is 5.73 Å². The summed E-state index contributed by atoms with van der Waals surface area (Å²) in [5.74, 6) is 0.281. The van der Waals surface area contributed by atoms with Crippen LogP contribution in [0.25, 0.3) is 10.9 Å². The van der Waals surface area contributed by atoms with Crippen molar-refractivity contribution in [2.45, 2.75) is 6.92 Å². The molecule has 0 aliphatic rings. The topological polar surface area (TPSA) is 97.8 Å². The van der Waals surface area contributed by atoms with Gasteiger partial charge in [0.05, 0.1) is 15.8 Å². The summed E-state index contributed by atoms with van der Waals surface area (Å²) in [4.78, 5) is 10.2. The highest BCUT2D eigenvalue weighted by Gasteiger charge is 2.14. The fourth-order valence-electron chi connectivity index (χ4n) is 1.38. The minimum absolute atomic E-state index is 0.0607. The van der Waals surface area contributed by atoms with Gasteiger partial charge >= 0.3 is 0 Å². The van der Waals surface area contributed by atoms with E-state index in [1.54, 1.807) is 13.0 Å². The number of H-pyrrole nitrogens is 1. The first-order chi connectivity index (χ1) is 6.59. The van der Waals surface area contributed by atoms with Crippen molar-refractivity contribution in [2.75, 3.05) is 5.73 Å². The van der Waals surface area contributed by atoms with Crippen LogP contribution in [0.15, 0.2) is 12.1 Å². The van der Waals surface area contributed by atoms with Gasteiger partial charge in [-0.1, -0.05) is 0 Å². The normalized spacial score (nSPS) is 10.6. The average molecular weight is 192 g/mol. The first kappa shape index (κ1) is 8.49. The molecule has 1 aromatic carbocycles. The molecule has 1 aromatic heterocycles. The Balaban J connectivity index is 2.80. The van der Waals surface area contributed by atoms with Crippen LogP contribution in [0.1, 0.15) is 5.56 Å². The van der Waals surface area contributed by atoms with Crippen LogP contribution in [-0.2, 0) is 0 Å². The van der Waals surface area contributed by atoms with Gasteiger partial charge < -0.3 is 5.73 Å². The van der Waals surface area contributed by atoms with Crippen LogP contribution in [0, 0.1) is 17.0 Å². The second-order valence-corrected chi connectivity index (χ2v) is 3.05. The van der Waals surface area contributed by atoms with Crippen LogP contribution in [0.4, 0.5) is 11.5 Å². The average Bonchev–Trinajstić information content (AvgIpc) is 2.46. The number of aromatic amines is 1. The highest BCUT2D eigenvalue weighted by atomic mass is 16.6. The molecule has 2 rings (SSSR count). The lowest BCUT2D eigenvalue weighted by Crippen LogP contribution is -1.91. The molecule has 0 amide bonds. The predicted octanol–water partition coefficient (Wildman–Crippen LogP) is 1.36. The molecular formula is C8H8N4O2. The van der Waals surface area contributed by atoms with Crippen molar-refractivity contribution in [1.82, 2.24) is 10.2 Å². The summed E-state index contributed by atoms with van der Waals surface area (Å²) in [6.45, 7) is 1.68. The summed E-state index contributed by atoms with van der Waals surface area (Å²) in [6.07, 6.45) is 0. The number of nitrogens with one attached hydrogen (secondary N) is 1. The molecule has 0 radical (unpaired) electrons. The Labute approximate surface area is 78.9 Å². The summed E-state index contributed by atoms with van der Waals surface area (Å²) in [5.41, 5.74) is 6.89. The number of benzene rings is 1. The number of hydrogen-bond donors (Lipinski definition) is 2. The van der Waals surface area contributed by atoms with E-state index in [0.29, 0.717) is 16.5 Å². The highest BCUT2D eigenvalue weighted by Crippen LogP contribution is 2.26. The number of hydrogen-bond acceptors (Lipinski definition) is 4. The third-order valence-electron chi connectivity index (χ3n) is 2.11. The number of nitrogens with zero attached hydrogens (tertiary/aromatic N) is 2. The third kappa shape index (κ3) is 1.08. The number of nitrogen functional groups attached to an aromatic ring is 1. The molecule has 0 atom stereocenters. The van der Waals surface area contributed by atoms with Gasteiger partial charge in [-0.25, -0.2) is 0 Å². The molecule has 0 saturated heterocycles. The lowest BCUT2D eigenvalue weighted by Gasteiger charge is -1.96. The molecule has 0 fully saturated rings. The Morgan fingerprint density at radius 1 is 1.57 bits per heavy atom. The molecule has 0 spiro atoms. The van der Waals surface area contributed by atoms with Crippen LogP contribution in [0.2, 0.25) is 0 Å². The zero-order valence-electron chi connectivity index (χ0n) is 7.44. The smallest absolute Gasteiger partial charge is 0.273 e. The van der Waals surface area contributed by atoms with Gasteiger partial charge in [0.25, 0.3) is 5.69 Å². The van der Waals surface area contributed by atoms with Crippen LogP contribution < -0.4 is 5.73 Å². The van der Waals surface area contributed by atoms with Gasteiger partial charge in [0.1, 0.15) is 0 Å². The van der Waals surface area contributed by atoms with Gasteiger partial charge in [0.2, 0.25) is 0 Å². The first-order valence-electron chi connectivity index (χ1n) is 3.98. The van der Waals surface area contributed by atoms with Gasteiger partial charge in [-0.3, -0.25) is 15.2 Å². The number of rotatable bonds is 1. The van der Waals surface area contributed by atoms with Crippen molar-refractivity contribution in [3.8, 4) is 0 Å². The van der Waals surface area contributed by atoms with Crippen LogP contribution in [0.3, 0.4) is 0 Å². The molecule has 1 heterocycles. The van der Waals surface area contributed by atoms with E-state index in [1.165, 1.54) is 6.07 Å². The third-order valence-corrected chi connectivity index (χ3v) is 2.11. The molecule has 6 heteroatoms. The standard InChI is InChI=1S/C8H8N4O2/c1-4-2-6-5(8(9)11-10-6)3-7(4)12(13)14/h2-3H,1H3,(H3,9,10,11). The lowest BCUT2D eigenvalue weighted by atomic mass is 10.1. The first-order valence-corrected chi connectivity index (χ1v) is 3.98. The van der Waals surface area contributed by atoms with Crippen molar-refractivity contribution in [3.63, 3.8) is 0 Å². The summed E-state index contributed by atoms with van der Waals surface area (Å²) in [7, 11) is 0. The summed E-state index contributed by atoms with van der Waals surface area (Å²) < 4.78 is 0. The van der Waals surface area contributed by atoms with Crippen molar-refractivity contribution in [3.05, 3.63) is 27.8 Å². The fraction of sp³-hybridized carbons (Fsp3) is 0.125. The Bertz CT molecular complexity index is 517. The minimum atomic E-state index is -0.429. The molecule has 2 aromatic rings. The largest absolute Gasteiger partial charge is 0.382 e. The van der Waals surface area contributed by atoms with E-state index in [-0.39, 0.29) is 11.5 Å². The summed E-state index contributed by atoms with van der Waals surface area (Å²) in [6, 6.07) is 3.10. The van der Waals surface area contributed by atoms with E-state index < -0.39 is 4.92 Å². The Morgan fingerprint density at radius 2 is 2.29 bits per heavy atom. The van der Waals surface area contributed by atoms with Crippen molar-refractivity contribution < 1.29 is 4.92 Å². The number of aryl methyl sites for hydroxylation is 1. The van der Waals surface area contributed by atoms with Gasteiger partial charge in [0, 0.05) is 11.6 Å². The molecule has 0 unspecified atom stereocenters. The molecule has 72 valence electrons. The zero-order valence-corrected chi connectivity index (χ0v) is 7.44. The Morgan fingerprint density at radius 3 is 2.93 bits per heavy atom. The summed E-state index contributed by atoms with van der Waals surface area (Å²) in [5, 5.41) is 17.7. The SMILES string of the molecule is Cc1cc2[nH]nc(N)c2cc1[N+](=O)[O-]. The van der Waals surface area contributed by atoms with Gasteiger partial charge in [-0.15, -0.1) is 0 Å². The second kappa shape index (κ2) is 2.69. The van der Waals surface area contributed by atoms with Gasteiger partial charge in [-0.05, 0) is 13.0 Å². The maximum atomic E-state index is 10.6.